The predicted molar refractivity (Wildman–Crippen MR) is 96.6 cm³/mol. The maximum Gasteiger partial charge on any atom is 0.269 e. The van der Waals surface area contributed by atoms with Crippen LogP contribution in [0.2, 0.25) is 0 Å². The van der Waals surface area contributed by atoms with Crippen molar-refractivity contribution in [3.8, 4) is 0 Å². The molecule has 3 N–H and O–H groups in total. The van der Waals surface area contributed by atoms with E-state index in [9.17, 15) is 25.4 Å². The molecule has 2 aromatic rings. The number of non-ortho nitro benzene ring substituents is 2. The number of benzene rings is 2. The number of oxime groups is 1. The predicted octanol–water partition coefficient (Wildman–Crippen LogP) is 2.72. The first kappa shape index (κ1) is 18.5. The fourth-order valence-electron chi connectivity index (χ4n) is 3.53. The molecule has 0 aliphatic carbocycles. The lowest BCUT2D eigenvalue weighted by Gasteiger charge is -2.33. The highest BCUT2D eigenvalue weighted by molar-refractivity contribution is 5.87. The van der Waals surface area contributed by atoms with Gasteiger partial charge in [-0.1, -0.05) is 12.1 Å². The van der Waals surface area contributed by atoms with Gasteiger partial charge in [0, 0.05) is 41.8 Å². The van der Waals surface area contributed by atoms with Gasteiger partial charge < -0.3 is 10.5 Å². The first-order valence-corrected chi connectivity index (χ1v) is 8.45. The van der Waals surface area contributed by atoms with Gasteiger partial charge in [-0.05, 0) is 24.3 Å². The summed E-state index contributed by atoms with van der Waals surface area (Å²) in [6.07, 6.45) is 0.513. The Bertz CT molecular complexity index is 880. The van der Waals surface area contributed by atoms with Crippen molar-refractivity contribution in [1.29, 1.82) is 0 Å². The molecule has 0 unspecified atom stereocenters. The Kier molecular flexibility index (Phi) is 5.13. The minimum Gasteiger partial charge on any atom is -0.411 e. The topological polar surface area (TPSA) is 135 Å². The molecule has 9 nitrogen and oxygen atoms in total. The van der Waals surface area contributed by atoms with Crippen LogP contribution in [-0.4, -0.2) is 20.8 Å². The molecular weight excluding hydrogens is 352 g/mol. The minimum atomic E-state index is -0.448. The third-order valence-electron chi connectivity index (χ3n) is 5.08. The lowest BCUT2D eigenvalue weighted by atomic mass is 9.81. The number of rotatable bonds is 4. The van der Waals surface area contributed by atoms with Crippen LogP contribution in [0.5, 0.6) is 0 Å². The van der Waals surface area contributed by atoms with Gasteiger partial charge in [0.2, 0.25) is 0 Å². The Labute approximate surface area is 154 Å². The van der Waals surface area contributed by atoms with Gasteiger partial charge in [0.25, 0.3) is 11.4 Å². The van der Waals surface area contributed by atoms with Gasteiger partial charge in [-0.15, -0.1) is 0 Å². The van der Waals surface area contributed by atoms with Crippen LogP contribution in [0.1, 0.15) is 36.6 Å². The van der Waals surface area contributed by atoms with Crippen LogP contribution in [0.15, 0.2) is 53.7 Å². The van der Waals surface area contributed by atoms with Crippen molar-refractivity contribution in [3.05, 3.63) is 79.9 Å². The maximum atomic E-state index is 10.9. The number of hydrogen-bond acceptors (Lipinski definition) is 6. The second-order valence-corrected chi connectivity index (χ2v) is 6.61. The molecule has 9 heteroatoms. The van der Waals surface area contributed by atoms with Gasteiger partial charge >= 0.3 is 0 Å². The molecule has 1 aliphatic heterocycles. The summed E-state index contributed by atoms with van der Waals surface area (Å²) in [5, 5.41) is 36.7. The van der Waals surface area contributed by atoms with Crippen molar-refractivity contribution in [3.63, 3.8) is 0 Å². The number of nitrogens with two attached hydrogens (primary N) is 1. The fourth-order valence-corrected chi connectivity index (χ4v) is 3.53. The maximum absolute atomic E-state index is 10.9. The molecule has 140 valence electrons. The third-order valence-corrected chi connectivity index (χ3v) is 5.08. The zero-order chi connectivity index (χ0) is 19.6. The Morgan fingerprint density at radius 1 is 0.963 bits per heavy atom. The number of nitrogens with zero attached hydrogens (tertiary/aromatic N) is 3. The quantitative estimate of drug-likeness (QED) is 0.484. The second-order valence-electron chi connectivity index (χ2n) is 6.61. The molecule has 3 atom stereocenters. The molecule has 0 aromatic heterocycles. The standard InChI is InChI=1S/C18H18N4O5/c1-11-16(20-23)10-17(12-2-6-14(7-3-12)21(24)25)19-18(11)13-4-8-15(9-5-13)22(26)27/h2-9,11,17-19,23H,10H2,1H3/p+1/b20-16+/t11-,17-,18+/m0/s1. The lowest BCUT2D eigenvalue weighted by Crippen LogP contribution is -2.90. The fraction of sp³-hybridized carbons (Fsp3) is 0.278. The van der Waals surface area contributed by atoms with Crippen molar-refractivity contribution >= 4 is 17.1 Å². The van der Waals surface area contributed by atoms with Gasteiger partial charge in [-0.3, -0.25) is 20.2 Å². The summed E-state index contributed by atoms with van der Waals surface area (Å²) in [6.45, 7) is 1.95. The number of piperidine rings is 1. The summed E-state index contributed by atoms with van der Waals surface area (Å²) >= 11 is 0. The first-order chi connectivity index (χ1) is 12.9. The Morgan fingerprint density at radius 2 is 1.44 bits per heavy atom. The average Bonchev–Trinajstić information content (AvgIpc) is 2.68. The first-order valence-electron chi connectivity index (χ1n) is 8.45. The van der Waals surface area contributed by atoms with Crippen LogP contribution >= 0.6 is 0 Å². The van der Waals surface area contributed by atoms with E-state index >= 15 is 0 Å². The van der Waals surface area contributed by atoms with Gasteiger partial charge in [0.1, 0.15) is 12.1 Å². The van der Waals surface area contributed by atoms with Crippen molar-refractivity contribution < 1.29 is 20.4 Å². The van der Waals surface area contributed by atoms with E-state index in [1.165, 1.54) is 24.3 Å². The van der Waals surface area contributed by atoms with E-state index in [2.05, 4.69) is 10.5 Å². The number of hydrogen-bond donors (Lipinski definition) is 2. The molecule has 2 aromatic carbocycles. The summed E-state index contributed by atoms with van der Waals surface area (Å²) in [5.74, 6) is -0.0641. The number of nitro benzene ring substituents is 2. The summed E-state index contributed by atoms with van der Waals surface area (Å²) in [4.78, 5) is 20.8. The van der Waals surface area contributed by atoms with E-state index in [0.717, 1.165) is 11.1 Å². The highest BCUT2D eigenvalue weighted by Crippen LogP contribution is 2.31. The summed E-state index contributed by atoms with van der Waals surface area (Å²) in [5.41, 5.74) is 2.45. The van der Waals surface area contributed by atoms with E-state index in [1.807, 2.05) is 6.92 Å². The largest absolute Gasteiger partial charge is 0.411 e. The molecule has 27 heavy (non-hydrogen) atoms. The summed E-state index contributed by atoms with van der Waals surface area (Å²) in [7, 11) is 0. The van der Waals surface area contributed by atoms with Gasteiger partial charge in [0.15, 0.2) is 0 Å². The van der Waals surface area contributed by atoms with Crippen LogP contribution in [0.25, 0.3) is 0 Å². The molecule has 0 spiro atoms. The van der Waals surface area contributed by atoms with E-state index < -0.39 is 9.85 Å². The van der Waals surface area contributed by atoms with Crippen LogP contribution in [0, 0.1) is 26.1 Å². The molecule has 1 heterocycles. The molecule has 1 aliphatic rings. The molecule has 1 saturated heterocycles. The van der Waals surface area contributed by atoms with Crippen LogP contribution in [0.4, 0.5) is 11.4 Å². The minimum absolute atomic E-state index is 0.0187. The zero-order valence-electron chi connectivity index (χ0n) is 14.6. The smallest absolute Gasteiger partial charge is 0.269 e. The van der Waals surface area contributed by atoms with E-state index in [1.54, 1.807) is 24.3 Å². The second kappa shape index (κ2) is 7.50. The summed E-state index contributed by atoms with van der Waals surface area (Å²) < 4.78 is 0. The Hall–Kier alpha value is -3.33. The molecule has 0 amide bonds. The molecular formula is C18H19N4O5+. The van der Waals surface area contributed by atoms with Crippen LogP contribution in [-0.2, 0) is 0 Å². The van der Waals surface area contributed by atoms with Crippen molar-refractivity contribution in [2.75, 3.05) is 0 Å². The third kappa shape index (κ3) is 3.77. The number of quaternary nitrogens is 1. The summed E-state index contributed by atoms with van der Waals surface area (Å²) in [6, 6.07) is 12.5. The Balaban J connectivity index is 1.89. The van der Waals surface area contributed by atoms with Crippen molar-refractivity contribution in [2.45, 2.75) is 25.4 Å². The number of nitro groups is 2. The van der Waals surface area contributed by atoms with Gasteiger partial charge in [0.05, 0.1) is 21.5 Å². The monoisotopic (exact) mass is 371 g/mol. The molecule has 3 rings (SSSR count). The average molecular weight is 371 g/mol. The van der Waals surface area contributed by atoms with Crippen molar-refractivity contribution in [1.82, 2.24) is 0 Å². The van der Waals surface area contributed by atoms with Gasteiger partial charge in [-0.2, -0.15) is 0 Å². The van der Waals surface area contributed by atoms with Crippen LogP contribution in [0.3, 0.4) is 0 Å². The highest BCUT2D eigenvalue weighted by Gasteiger charge is 2.38. The van der Waals surface area contributed by atoms with E-state index in [4.69, 9.17) is 0 Å². The zero-order valence-corrected chi connectivity index (χ0v) is 14.6. The van der Waals surface area contributed by atoms with Gasteiger partial charge in [-0.25, -0.2) is 0 Å². The molecule has 0 saturated carbocycles. The normalized spacial score (nSPS) is 23.9. The lowest BCUT2D eigenvalue weighted by molar-refractivity contribution is -0.741. The molecule has 1 fully saturated rings. The van der Waals surface area contributed by atoms with Crippen molar-refractivity contribution in [2.24, 2.45) is 11.1 Å². The SMILES string of the molecule is C[C@H]1/C(=N/O)C[C@@H](c2ccc([N+](=O)[O-])cc2)[NH2+][C@H]1c1ccc([N+](=O)[O-])cc1. The molecule has 0 radical (unpaired) electrons. The highest BCUT2D eigenvalue weighted by atomic mass is 16.6. The van der Waals surface area contributed by atoms with E-state index in [-0.39, 0.29) is 29.4 Å². The van der Waals surface area contributed by atoms with E-state index in [0.29, 0.717) is 12.1 Å². The Morgan fingerprint density at radius 3 is 1.89 bits per heavy atom. The van der Waals surface area contributed by atoms with Crippen LogP contribution < -0.4 is 5.32 Å². The molecule has 0 bridgehead atoms.